The molecule has 0 saturated heterocycles. The number of aromatic amines is 1. The highest BCUT2D eigenvalue weighted by Gasteiger charge is 2.25. The lowest BCUT2D eigenvalue weighted by atomic mass is 10.0. The van der Waals surface area contributed by atoms with E-state index in [0.29, 0.717) is 6.04 Å². The van der Waals surface area contributed by atoms with Gasteiger partial charge in [-0.05, 0) is 40.5 Å². The van der Waals surface area contributed by atoms with Crippen LogP contribution in [0.25, 0.3) is 0 Å². The summed E-state index contributed by atoms with van der Waals surface area (Å²) in [6.07, 6.45) is 1.91. The molecule has 2 N–H and O–H groups in total. The second kappa shape index (κ2) is 3.15. The molecule has 0 bridgehead atoms. The third kappa shape index (κ3) is 1.68. The first-order valence-electron chi connectivity index (χ1n) is 5.50. The van der Waals surface area contributed by atoms with Crippen molar-refractivity contribution in [3.8, 4) is 0 Å². The van der Waals surface area contributed by atoms with Crippen LogP contribution in [0, 0.1) is 0 Å². The number of nitrogens with zero attached hydrogens (tertiary/aromatic N) is 1. The van der Waals surface area contributed by atoms with Gasteiger partial charge in [0.05, 0.1) is 11.1 Å². The van der Waals surface area contributed by atoms with E-state index in [1.54, 1.807) is 4.68 Å². The maximum absolute atomic E-state index is 12.1. The van der Waals surface area contributed by atoms with Gasteiger partial charge in [-0.25, -0.2) is 4.68 Å². The van der Waals surface area contributed by atoms with E-state index in [4.69, 9.17) is 0 Å². The lowest BCUT2D eigenvalue weighted by molar-refractivity contribution is 0.346. The number of fused-ring (bicyclic) bond motifs is 1. The molecule has 1 aliphatic rings. The Morgan fingerprint density at radius 3 is 2.67 bits per heavy atom. The Hall–Kier alpha value is -1.19. The molecule has 84 valence electrons. The van der Waals surface area contributed by atoms with E-state index >= 15 is 0 Å². The van der Waals surface area contributed by atoms with E-state index in [1.165, 1.54) is 0 Å². The van der Waals surface area contributed by atoms with E-state index in [-0.39, 0.29) is 11.1 Å². The number of anilines is 1. The first kappa shape index (κ1) is 10.3. The summed E-state index contributed by atoms with van der Waals surface area (Å²) in [7, 11) is 0. The van der Waals surface area contributed by atoms with Crippen LogP contribution in [-0.4, -0.2) is 15.8 Å². The number of hydrogen-bond acceptors (Lipinski definition) is 2. The van der Waals surface area contributed by atoms with Gasteiger partial charge >= 0.3 is 0 Å². The Morgan fingerprint density at radius 1 is 1.40 bits per heavy atom. The van der Waals surface area contributed by atoms with Gasteiger partial charge in [-0.2, -0.15) is 0 Å². The maximum atomic E-state index is 12.1. The highest BCUT2D eigenvalue weighted by molar-refractivity contribution is 5.46. The average molecular weight is 209 g/mol. The summed E-state index contributed by atoms with van der Waals surface area (Å²) < 4.78 is 1.71. The summed E-state index contributed by atoms with van der Waals surface area (Å²) in [6, 6.07) is 0.448. The summed E-state index contributed by atoms with van der Waals surface area (Å²) in [5.41, 5.74) is 0.846. The van der Waals surface area contributed by atoms with Crippen molar-refractivity contribution in [2.75, 3.05) is 5.32 Å². The quantitative estimate of drug-likeness (QED) is 0.683. The number of rotatable bonds is 0. The van der Waals surface area contributed by atoms with Gasteiger partial charge in [0.15, 0.2) is 0 Å². The van der Waals surface area contributed by atoms with E-state index in [2.05, 4.69) is 17.3 Å². The normalized spacial score (nSPS) is 20.9. The van der Waals surface area contributed by atoms with Crippen molar-refractivity contribution in [1.82, 2.24) is 9.78 Å². The molecule has 1 aromatic heterocycles. The smallest absolute Gasteiger partial charge is 0.272 e. The molecular weight excluding hydrogens is 190 g/mol. The standard InChI is InChI=1S/C11H19N3O/c1-7-5-6-8-9(12-7)13-14(10(8)15)11(2,3)4/h7,12-13H,5-6H2,1-4H3/t7-/m0/s1. The van der Waals surface area contributed by atoms with Crippen molar-refractivity contribution in [2.45, 2.75) is 52.1 Å². The number of H-pyrrole nitrogens is 1. The summed E-state index contributed by atoms with van der Waals surface area (Å²) in [4.78, 5) is 12.1. The molecule has 0 amide bonds. The SMILES string of the molecule is C[C@H]1CCc2c([nH]n(C(C)(C)C)c2=O)N1. The van der Waals surface area contributed by atoms with E-state index < -0.39 is 0 Å². The van der Waals surface area contributed by atoms with Crippen LogP contribution in [-0.2, 0) is 12.0 Å². The highest BCUT2D eigenvalue weighted by Crippen LogP contribution is 2.22. The molecule has 1 aliphatic heterocycles. The fourth-order valence-electron chi connectivity index (χ4n) is 1.98. The molecule has 1 atom stereocenters. The molecule has 1 aromatic rings. The minimum absolute atomic E-state index is 0.122. The zero-order valence-electron chi connectivity index (χ0n) is 9.85. The number of aromatic nitrogens is 2. The van der Waals surface area contributed by atoms with Crippen LogP contribution in [0.5, 0.6) is 0 Å². The molecule has 2 heterocycles. The zero-order chi connectivity index (χ0) is 11.2. The molecule has 0 unspecified atom stereocenters. The lowest BCUT2D eigenvalue weighted by Crippen LogP contribution is -2.33. The van der Waals surface area contributed by atoms with Gasteiger partial charge in [-0.3, -0.25) is 9.89 Å². The van der Waals surface area contributed by atoms with Crippen LogP contribution in [0.1, 0.15) is 39.7 Å². The average Bonchev–Trinajstić information content (AvgIpc) is 2.42. The number of hydrogen-bond donors (Lipinski definition) is 2. The predicted molar refractivity (Wildman–Crippen MR) is 61.5 cm³/mol. The Balaban J connectivity index is 2.50. The molecule has 0 spiro atoms. The van der Waals surface area contributed by atoms with Crippen LogP contribution in [0.3, 0.4) is 0 Å². The minimum Gasteiger partial charge on any atom is -0.368 e. The van der Waals surface area contributed by atoms with Crippen LogP contribution in [0.2, 0.25) is 0 Å². The molecule has 4 nitrogen and oxygen atoms in total. The monoisotopic (exact) mass is 209 g/mol. The molecule has 2 rings (SSSR count). The van der Waals surface area contributed by atoms with Crippen LogP contribution in [0.4, 0.5) is 5.82 Å². The minimum atomic E-state index is -0.181. The molecule has 0 radical (unpaired) electrons. The summed E-state index contributed by atoms with van der Waals surface area (Å²) in [5, 5.41) is 6.48. The summed E-state index contributed by atoms with van der Waals surface area (Å²) in [5.74, 6) is 0.911. The van der Waals surface area contributed by atoms with Crippen molar-refractivity contribution in [3.63, 3.8) is 0 Å². The summed E-state index contributed by atoms with van der Waals surface area (Å²) >= 11 is 0. The molecule has 0 aliphatic carbocycles. The van der Waals surface area contributed by atoms with E-state index in [9.17, 15) is 4.79 Å². The molecular formula is C11H19N3O. The highest BCUT2D eigenvalue weighted by atomic mass is 16.1. The Bertz CT molecular complexity index is 422. The lowest BCUT2D eigenvalue weighted by Gasteiger charge is -2.20. The van der Waals surface area contributed by atoms with Crippen molar-refractivity contribution >= 4 is 5.82 Å². The molecule has 0 fully saturated rings. The van der Waals surface area contributed by atoms with Crippen LogP contribution in [0.15, 0.2) is 4.79 Å². The Kier molecular flexibility index (Phi) is 2.17. The van der Waals surface area contributed by atoms with Crippen LogP contribution < -0.4 is 10.9 Å². The van der Waals surface area contributed by atoms with Gasteiger partial charge in [0.1, 0.15) is 5.82 Å². The second-order valence-electron chi connectivity index (χ2n) is 5.36. The van der Waals surface area contributed by atoms with Crippen molar-refractivity contribution in [2.24, 2.45) is 0 Å². The van der Waals surface area contributed by atoms with Gasteiger partial charge in [0, 0.05) is 6.04 Å². The largest absolute Gasteiger partial charge is 0.368 e. The van der Waals surface area contributed by atoms with Crippen LogP contribution >= 0.6 is 0 Å². The Morgan fingerprint density at radius 2 is 2.07 bits per heavy atom. The fourth-order valence-corrected chi connectivity index (χ4v) is 1.98. The first-order chi connectivity index (χ1) is 6.89. The van der Waals surface area contributed by atoms with Crippen molar-refractivity contribution in [1.29, 1.82) is 0 Å². The van der Waals surface area contributed by atoms with Gasteiger partial charge in [0.25, 0.3) is 5.56 Å². The van der Waals surface area contributed by atoms with E-state index in [0.717, 1.165) is 24.2 Å². The third-order valence-electron chi connectivity index (χ3n) is 2.88. The van der Waals surface area contributed by atoms with Crippen molar-refractivity contribution < 1.29 is 0 Å². The van der Waals surface area contributed by atoms with Gasteiger partial charge in [-0.15, -0.1) is 0 Å². The first-order valence-corrected chi connectivity index (χ1v) is 5.50. The van der Waals surface area contributed by atoms with Crippen molar-refractivity contribution in [3.05, 3.63) is 15.9 Å². The summed E-state index contributed by atoms with van der Waals surface area (Å²) in [6.45, 7) is 8.22. The van der Waals surface area contributed by atoms with Gasteiger partial charge < -0.3 is 5.32 Å². The van der Waals surface area contributed by atoms with E-state index in [1.807, 2.05) is 20.8 Å². The number of nitrogens with one attached hydrogen (secondary N) is 2. The topological polar surface area (TPSA) is 49.8 Å². The predicted octanol–water partition coefficient (Wildman–Crippen LogP) is 1.68. The molecule has 4 heteroatoms. The van der Waals surface area contributed by atoms with Gasteiger partial charge in [-0.1, -0.05) is 0 Å². The molecule has 15 heavy (non-hydrogen) atoms. The molecule has 0 aromatic carbocycles. The Labute approximate surface area is 89.7 Å². The maximum Gasteiger partial charge on any atom is 0.272 e. The fraction of sp³-hybridized carbons (Fsp3) is 0.727. The zero-order valence-corrected chi connectivity index (χ0v) is 9.85. The van der Waals surface area contributed by atoms with Gasteiger partial charge in [0.2, 0.25) is 0 Å². The molecule has 0 saturated carbocycles. The third-order valence-corrected chi connectivity index (χ3v) is 2.88. The second-order valence-corrected chi connectivity index (χ2v) is 5.36.